The Kier molecular flexibility index (Phi) is 18.1. The first-order valence-electron chi connectivity index (χ1n) is 26.9. The minimum atomic E-state index is -3.53. The first-order chi connectivity index (χ1) is 38.9. The number of aliphatic hydroxyl groups is 1. The predicted octanol–water partition coefficient (Wildman–Crippen LogP) is 3.12. The van der Waals surface area contributed by atoms with Crippen LogP contribution in [0.5, 0.6) is 0 Å². The van der Waals surface area contributed by atoms with Crippen molar-refractivity contribution in [2.24, 2.45) is 5.92 Å². The number of halogens is 1. The molecule has 8 rings (SSSR count). The third-order valence-corrected chi connectivity index (χ3v) is 15.8. The van der Waals surface area contributed by atoms with Crippen LogP contribution in [0.3, 0.4) is 0 Å². The largest absolute Gasteiger partial charge is 0.465 e. The molecule has 5 heterocycles. The van der Waals surface area contributed by atoms with Gasteiger partial charge in [-0.15, -0.1) is 0 Å². The highest BCUT2D eigenvalue weighted by Gasteiger charge is 2.46. The summed E-state index contributed by atoms with van der Waals surface area (Å²) in [5, 5.41) is 39.9. The molecule has 25 heteroatoms. The molecule has 5 aromatic rings. The Labute approximate surface area is 472 Å². The maximum Gasteiger partial charge on any atom is 0.408 e. The number of fused-ring (bicyclic) bond motifs is 5. The van der Waals surface area contributed by atoms with Gasteiger partial charge in [-0.3, -0.25) is 28.9 Å². The molecule has 5 amide bonds. The number of nitrogens with zero attached hydrogens (tertiary/aromatic N) is 5. The molecular formula is C57H66FN11O12S. The van der Waals surface area contributed by atoms with E-state index < -0.39 is 87.2 Å². The van der Waals surface area contributed by atoms with Gasteiger partial charge in [-0.2, -0.15) is 0 Å². The summed E-state index contributed by atoms with van der Waals surface area (Å²) in [6.07, 6.45) is 3.78. The first kappa shape index (κ1) is 59.8. The van der Waals surface area contributed by atoms with Crippen LogP contribution >= 0.6 is 0 Å². The highest BCUT2D eigenvalue weighted by atomic mass is 32.2. The van der Waals surface area contributed by atoms with Crippen molar-refractivity contribution in [2.45, 2.75) is 128 Å². The molecule has 3 aromatic heterocycles. The van der Waals surface area contributed by atoms with Crippen LogP contribution < -0.4 is 37.5 Å². The number of amides is 5. The molecule has 0 radical (unpaired) electrons. The average Bonchev–Trinajstić information content (AvgIpc) is 4.03. The fourth-order valence-corrected chi connectivity index (χ4v) is 11.1. The van der Waals surface area contributed by atoms with E-state index in [2.05, 4.69) is 53.7 Å². The van der Waals surface area contributed by atoms with Gasteiger partial charge < -0.3 is 51.4 Å². The summed E-state index contributed by atoms with van der Waals surface area (Å²) < 4.78 is 45.4. The molecule has 0 unspecified atom stereocenters. The zero-order valence-electron chi connectivity index (χ0n) is 46.5. The number of esters is 1. The minimum absolute atomic E-state index is 0.0190. The van der Waals surface area contributed by atoms with Gasteiger partial charge in [-0.05, 0) is 98.5 Å². The molecule has 82 heavy (non-hydrogen) atoms. The Bertz CT molecular complexity index is 3640. The molecule has 1 aliphatic carbocycles. The summed E-state index contributed by atoms with van der Waals surface area (Å²) in [6, 6.07) is 6.27. The molecule has 2 aliphatic heterocycles. The minimum Gasteiger partial charge on any atom is -0.465 e. The van der Waals surface area contributed by atoms with Crippen molar-refractivity contribution in [3.05, 3.63) is 109 Å². The number of sulfone groups is 1. The number of carbonyl (C=O) groups excluding carboxylic acids is 5. The molecule has 0 bridgehead atoms. The van der Waals surface area contributed by atoms with Crippen molar-refractivity contribution in [3.8, 4) is 23.2 Å². The summed E-state index contributed by atoms with van der Waals surface area (Å²) in [7, 11) is -1.77. The van der Waals surface area contributed by atoms with E-state index in [9.17, 15) is 52.2 Å². The van der Waals surface area contributed by atoms with Gasteiger partial charge in [0.2, 0.25) is 38.6 Å². The number of nitrogens with one attached hydrogen (secondary N) is 6. The standard InChI is InChI=1S/C57H66FN11O12S/c1-8-57(78)40-19-44-51-38(28-68(44)53(74)39(40)29-81-54(57)75)49-43(17-16-37-32(5)41(58)20-42(66-51)48(37)49)69(56(76)77)27-34-14-15-36(18-35(34)24-59-6)60-21-31(4)65-52(73)50(30(2)3)67-47(72)26-62-46(71)25-61-45(70)13-11-9-10-12-33-22-63-55(64-23-33)82(7,79)80/h14-15,18-20,22-23,30-31,43,50,59-60,78H,8-9,11,13,16-17,21,24-29H2,1-7H3,(H,61,70)(H,62,71)(H,65,73)(H,67,72)(H,76,77)/t31-,43-,50-,57-/m0/s1. The molecule has 4 atom stereocenters. The van der Waals surface area contributed by atoms with Crippen LogP contribution in [0.15, 0.2) is 52.7 Å². The van der Waals surface area contributed by atoms with Crippen LogP contribution in [0.4, 0.5) is 14.9 Å². The molecule has 0 saturated heterocycles. The fourth-order valence-electron chi connectivity index (χ4n) is 10.6. The van der Waals surface area contributed by atoms with Crippen molar-refractivity contribution < 1.29 is 56.5 Å². The monoisotopic (exact) mass is 1150 g/mol. The molecule has 8 N–H and O–H groups in total. The molecule has 0 fully saturated rings. The number of carboxylic acid groups (broad SMARTS) is 1. The lowest BCUT2D eigenvalue weighted by atomic mass is 9.81. The zero-order chi connectivity index (χ0) is 59.4. The van der Waals surface area contributed by atoms with E-state index in [-0.39, 0.29) is 67.8 Å². The fraction of sp³-hybridized carbons (Fsp3) is 0.439. The van der Waals surface area contributed by atoms with Gasteiger partial charge in [0.1, 0.15) is 18.5 Å². The van der Waals surface area contributed by atoms with Crippen LogP contribution in [0, 0.1) is 30.5 Å². The summed E-state index contributed by atoms with van der Waals surface area (Å²) in [6.45, 7) is 8.04. The van der Waals surface area contributed by atoms with Crippen LogP contribution in [0.1, 0.15) is 116 Å². The Morgan fingerprint density at radius 2 is 1.70 bits per heavy atom. The second-order valence-corrected chi connectivity index (χ2v) is 23.0. The lowest BCUT2D eigenvalue weighted by Gasteiger charge is -2.36. The van der Waals surface area contributed by atoms with Crippen LogP contribution in [0.25, 0.3) is 22.3 Å². The predicted molar refractivity (Wildman–Crippen MR) is 298 cm³/mol. The van der Waals surface area contributed by atoms with Gasteiger partial charge in [0.15, 0.2) is 5.60 Å². The van der Waals surface area contributed by atoms with E-state index in [1.54, 1.807) is 47.7 Å². The number of anilines is 1. The number of unbranched alkanes of at least 4 members (excludes halogenated alkanes) is 1. The van der Waals surface area contributed by atoms with E-state index in [1.165, 1.54) is 27.9 Å². The summed E-state index contributed by atoms with van der Waals surface area (Å²) in [4.78, 5) is 106. The number of aromatic nitrogens is 4. The number of rotatable bonds is 21. The summed E-state index contributed by atoms with van der Waals surface area (Å²) >= 11 is 0. The van der Waals surface area contributed by atoms with Gasteiger partial charge >= 0.3 is 12.1 Å². The normalized spacial score (nSPS) is 16.6. The van der Waals surface area contributed by atoms with E-state index in [4.69, 9.17) is 9.72 Å². The highest BCUT2D eigenvalue weighted by Crippen LogP contribution is 2.48. The van der Waals surface area contributed by atoms with Crippen LogP contribution in [0.2, 0.25) is 0 Å². The van der Waals surface area contributed by atoms with Crippen molar-refractivity contribution in [3.63, 3.8) is 0 Å². The SMILES string of the molecule is CC[C@@]1(O)C(=O)OCc2c1cc1n(c2=O)Cc2c-1nc1cc(F)c(C)c3c1c2[C@@H](N(Cc1ccc(NC[C@H](C)NC(=O)[C@@H](NC(=O)CNC(=O)CNC(=O)CCCC#Cc2cnc(S(C)(=O)=O)nc2)C(C)C)cc1CNC)C(=O)O)CC3. The molecule has 0 spiro atoms. The number of aryl methyl sites for hydroxylation is 1. The van der Waals surface area contributed by atoms with Gasteiger partial charge in [-0.25, -0.2) is 37.3 Å². The molecular weight excluding hydrogens is 1080 g/mol. The van der Waals surface area contributed by atoms with Crippen LogP contribution in [-0.4, -0.2) is 124 Å². The van der Waals surface area contributed by atoms with Crippen molar-refractivity contribution in [2.75, 3.05) is 38.3 Å². The number of ether oxygens (including phenoxy) is 1. The lowest BCUT2D eigenvalue weighted by molar-refractivity contribution is -0.172. The molecule has 0 saturated carbocycles. The first-order valence-corrected chi connectivity index (χ1v) is 28.8. The highest BCUT2D eigenvalue weighted by molar-refractivity contribution is 7.90. The average molecular weight is 1150 g/mol. The molecule has 2 aromatic carbocycles. The second-order valence-electron chi connectivity index (χ2n) is 21.1. The van der Waals surface area contributed by atoms with E-state index in [0.29, 0.717) is 93.6 Å². The Hall–Kier alpha value is -8.34. The van der Waals surface area contributed by atoms with E-state index >= 15 is 4.39 Å². The Balaban J connectivity index is 0.875. The summed E-state index contributed by atoms with van der Waals surface area (Å²) in [5.74, 6) is 1.88. The van der Waals surface area contributed by atoms with Gasteiger partial charge in [-0.1, -0.05) is 38.7 Å². The number of cyclic esters (lactones) is 1. The third-order valence-electron chi connectivity index (χ3n) is 14.9. The third kappa shape index (κ3) is 12.7. The topological polar surface area (TPSA) is 322 Å². The van der Waals surface area contributed by atoms with Crippen molar-refractivity contribution in [1.29, 1.82) is 0 Å². The number of benzene rings is 2. The number of hydrogen-bond acceptors (Lipinski definition) is 16. The van der Waals surface area contributed by atoms with Gasteiger partial charge in [0.25, 0.3) is 5.56 Å². The lowest BCUT2D eigenvalue weighted by Crippen LogP contribution is -2.54. The van der Waals surface area contributed by atoms with Crippen molar-refractivity contribution >= 4 is 62.1 Å². The van der Waals surface area contributed by atoms with Gasteiger partial charge in [0, 0.05) is 85.4 Å². The maximum atomic E-state index is 15.7. The van der Waals surface area contributed by atoms with Crippen LogP contribution in [-0.2, 0) is 76.8 Å². The Morgan fingerprint density at radius 1 is 0.976 bits per heavy atom. The number of hydrogen-bond donors (Lipinski definition) is 8. The van der Waals surface area contributed by atoms with E-state index in [1.807, 2.05) is 18.2 Å². The number of carbonyl (C=O) groups is 6. The molecule has 434 valence electrons. The summed E-state index contributed by atoms with van der Waals surface area (Å²) in [5.41, 5.74) is 3.56. The quantitative estimate of drug-likeness (QED) is 0.0222. The smallest absolute Gasteiger partial charge is 0.408 e. The number of pyridine rings is 2. The van der Waals surface area contributed by atoms with E-state index in [0.717, 1.165) is 11.8 Å². The molecule has 3 aliphatic rings. The maximum absolute atomic E-state index is 15.7. The second kappa shape index (κ2) is 24.8. The zero-order valence-corrected chi connectivity index (χ0v) is 47.4. The Morgan fingerprint density at radius 3 is 2.38 bits per heavy atom. The van der Waals surface area contributed by atoms with Crippen molar-refractivity contribution in [1.82, 2.24) is 51.0 Å². The molecule has 23 nitrogen and oxygen atoms in total. The van der Waals surface area contributed by atoms with Gasteiger partial charge in [0.05, 0.1) is 53.7 Å².